The molecular formula is C60H69N9O8. The van der Waals surface area contributed by atoms with Gasteiger partial charge in [0.25, 0.3) is 11.8 Å². The van der Waals surface area contributed by atoms with E-state index in [0.717, 1.165) is 50.1 Å². The van der Waals surface area contributed by atoms with Gasteiger partial charge in [0.2, 0.25) is 5.91 Å². The second kappa shape index (κ2) is 21.6. The van der Waals surface area contributed by atoms with Crippen LogP contribution in [-0.2, 0) is 46.4 Å². The Morgan fingerprint density at radius 1 is 1.06 bits per heavy atom. The van der Waals surface area contributed by atoms with Crippen LogP contribution in [-0.4, -0.2) is 131 Å². The molecule has 6 heterocycles. The number of nitrogen functional groups attached to an aromatic ring is 1. The van der Waals surface area contributed by atoms with Crippen molar-refractivity contribution in [3.8, 4) is 46.0 Å². The molecule has 402 valence electrons. The van der Waals surface area contributed by atoms with Gasteiger partial charge in [-0.1, -0.05) is 63.8 Å². The zero-order valence-electron chi connectivity index (χ0n) is 45.0. The normalized spacial score (nSPS) is 23.6. The van der Waals surface area contributed by atoms with Gasteiger partial charge in [0.15, 0.2) is 0 Å². The highest BCUT2D eigenvalue weighted by molar-refractivity contribution is 5.98. The maximum absolute atomic E-state index is 15.0. The SMILES string of the molecule is CCn1c2c3c4cc(ccc41)-c1cc(O)cc(c1)CC(NC(=O)[C@H](C(C)C)N(C)C(=O)[C@@H]1OCC[C@@H]1c1ccc(N)cc1)C(=O)N1CCC[C@H](N1)C(=O)OCC(C)(C)C3[C@H](OC)c1ncc(C#CCN3CC(C#N)C3)cc1-2. The fourth-order valence-electron chi connectivity index (χ4n) is 12.4. The molecule has 3 saturated heterocycles. The number of rotatable bonds is 9. The number of hydrazine groups is 1. The molecule has 77 heavy (non-hydrogen) atoms. The van der Waals surface area contributed by atoms with Crippen molar-refractivity contribution in [3.05, 3.63) is 101 Å². The fourth-order valence-corrected chi connectivity index (χ4v) is 12.4. The van der Waals surface area contributed by atoms with Gasteiger partial charge < -0.3 is 39.8 Å². The van der Waals surface area contributed by atoms with Crippen molar-refractivity contribution in [3.63, 3.8) is 0 Å². The Labute approximate surface area is 450 Å². The maximum Gasteiger partial charge on any atom is 0.324 e. The van der Waals surface area contributed by atoms with Crippen LogP contribution in [0.2, 0.25) is 0 Å². The number of nitrogens with two attached hydrogens (primary N) is 1. The van der Waals surface area contributed by atoms with Gasteiger partial charge in [-0.15, -0.1) is 0 Å². The van der Waals surface area contributed by atoms with E-state index >= 15 is 0 Å². The van der Waals surface area contributed by atoms with Crippen molar-refractivity contribution in [2.75, 3.05) is 59.3 Å². The number of likely N-dealkylation sites (N-methyl/N-ethyl adjacent to an activating group) is 1. The van der Waals surface area contributed by atoms with Crippen molar-refractivity contribution in [2.45, 2.75) is 109 Å². The lowest BCUT2D eigenvalue weighted by Gasteiger charge is -2.42. The van der Waals surface area contributed by atoms with Gasteiger partial charge in [-0.3, -0.25) is 34.1 Å². The molecule has 3 fully saturated rings. The summed E-state index contributed by atoms with van der Waals surface area (Å²) in [4.78, 5) is 67.2. The van der Waals surface area contributed by atoms with E-state index < -0.39 is 53.5 Å². The predicted molar refractivity (Wildman–Crippen MR) is 290 cm³/mol. The van der Waals surface area contributed by atoms with Gasteiger partial charge in [-0.05, 0) is 102 Å². The first kappa shape index (κ1) is 53.1. The van der Waals surface area contributed by atoms with Gasteiger partial charge in [-0.25, -0.2) is 5.43 Å². The third-order valence-electron chi connectivity index (χ3n) is 16.3. The highest BCUT2D eigenvalue weighted by atomic mass is 16.5. The molecule has 4 aliphatic heterocycles. The second-order valence-electron chi connectivity index (χ2n) is 22.4. The molecule has 0 saturated carbocycles. The van der Waals surface area contributed by atoms with Gasteiger partial charge in [0.1, 0.15) is 36.1 Å². The van der Waals surface area contributed by atoms with E-state index in [-0.39, 0.29) is 54.9 Å². The van der Waals surface area contributed by atoms with Crippen molar-refractivity contribution in [1.82, 2.24) is 35.1 Å². The summed E-state index contributed by atoms with van der Waals surface area (Å²) in [6.07, 6.45) is 1.87. The summed E-state index contributed by atoms with van der Waals surface area (Å²) in [6, 6.07) is 20.2. The fraction of sp³-hybridized carbons (Fsp3) is 0.467. The van der Waals surface area contributed by atoms with Crippen LogP contribution in [0.1, 0.15) is 99.8 Å². The number of aromatic nitrogens is 2. The van der Waals surface area contributed by atoms with Gasteiger partial charge in [0, 0.05) is 105 Å². The Bertz CT molecular complexity index is 3220. The van der Waals surface area contributed by atoms with Crippen LogP contribution in [0.3, 0.4) is 0 Å². The number of nitriles is 1. The minimum absolute atomic E-state index is 0.00647. The van der Waals surface area contributed by atoms with E-state index in [4.69, 9.17) is 24.9 Å². The van der Waals surface area contributed by atoms with E-state index in [0.29, 0.717) is 68.9 Å². The third kappa shape index (κ3) is 10.3. The van der Waals surface area contributed by atoms with Gasteiger partial charge >= 0.3 is 5.97 Å². The number of nitrogens with zero attached hydrogens (tertiary/aromatic N) is 6. The zero-order chi connectivity index (χ0) is 54.4. The average molecular weight is 1040 g/mol. The van der Waals surface area contributed by atoms with Crippen LogP contribution >= 0.6 is 0 Å². The van der Waals surface area contributed by atoms with E-state index in [9.17, 15) is 29.5 Å². The number of anilines is 1. The van der Waals surface area contributed by atoms with Crippen molar-refractivity contribution in [1.29, 1.82) is 5.26 Å². The molecule has 17 nitrogen and oxygen atoms in total. The van der Waals surface area contributed by atoms with Crippen LogP contribution in [0.5, 0.6) is 5.75 Å². The van der Waals surface area contributed by atoms with Crippen LogP contribution in [0, 0.1) is 40.4 Å². The number of hydrogen-bond acceptors (Lipinski definition) is 13. The summed E-state index contributed by atoms with van der Waals surface area (Å²) in [5.41, 5.74) is 17.3. The van der Waals surface area contributed by atoms with Crippen molar-refractivity contribution >= 4 is 40.3 Å². The van der Waals surface area contributed by atoms with Crippen molar-refractivity contribution in [2.24, 2.45) is 17.3 Å². The molecule has 1 aliphatic carbocycles. The molecule has 0 spiro atoms. The number of carbonyl (C=O) groups excluding carboxylic acids is 4. The second-order valence-corrected chi connectivity index (χ2v) is 22.4. The summed E-state index contributed by atoms with van der Waals surface area (Å²) >= 11 is 0. The zero-order valence-corrected chi connectivity index (χ0v) is 45.0. The topological polar surface area (TPSA) is 218 Å². The quantitative estimate of drug-likeness (QED) is 0.0712. The highest BCUT2D eigenvalue weighted by Crippen LogP contribution is 2.57. The Hall–Kier alpha value is -7.28. The number of methoxy groups -OCH3 is 1. The first-order valence-corrected chi connectivity index (χ1v) is 26.9. The van der Waals surface area contributed by atoms with Crippen LogP contribution in [0.15, 0.2) is 72.9 Å². The third-order valence-corrected chi connectivity index (χ3v) is 16.3. The molecule has 3 aromatic carbocycles. The minimum atomic E-state index is -1.19. The van der Waals surface area contributed by atoms with E-state index in [2.05, 4.69) is 77.1 Å². The summed E-state index contributed by atoms with van der Waals surface area (Å²) in [6.45, 7) is 13.2. The predicted octanol–water partition coefficient (Wildman–Crippen LogP) is 6.43. The standard InChI is InChI=1S/C60H69N9O8/c1-8-68-48-18-15-39-28-44(48)49-50(55(75-7)51-45(53(49)68)25-35(30-63-51)11-9-20-67-31-37(29-61)32-67)60(4,5)33-77-59(74)46-12-10-21-69(65-46)57(72)47(26-36-23-40(39)27-42(70)24-36)64-56(71)52(34(2)3)66(6)58(73)54-43(19-22-76-54)38-13-16-41(62)17-14-38/h13-18,23-25,27-28,30,34,37,43,46-47,50,52,54-55,65,70H,8,10,12,19-22,26,31-33,62H2,1-7H3,(H,64,71)/t43-,46+,47?,50?,52+,54-,55+/m1/s1. The number of phenolic OH excluding ortho intramolecular Hbond substituents is 1. The number of fused-ring (bicyclic) bond motifs is 8. The number of aromatic hydroxyl groups is 1. The van der Waals surface area contributed by atoms with E-state index in [1.807, 2.05) is 38.1 Å². The number of carbonyl (C=O) groups is 4. The van der Waals surface area contributed by atoms with Gasteiger partial charge in [0.05, 0.1) is 36.5 Å². The molecule has 2 unspecified atom stereocenters. The number of benzene rings is 3. The smallest absolute Gasteiger partial charge is 0.324 e. The first-order chi connectivity index (χ1) is 37.0. The number of hydrogen-bond donors (Lipinski definition) is 4. The number of aryl methyl sites for hydroxylation is 1. The Morgan fingerprint density at radius 3 is 2.57 bits per heavy atom. The first-order valence-electron chi connectivity index (χ1n) is 26.9. The molecule has 5 aliphatic rings. The summed E-state index contributed by atoms with van der Waals surface area (Å²) in [5, 5.41) is 26.2. The Morgan fingerprint density at radius 2 is 1.84 bits per heavy atom. The molecule has 17 heteroatoms. The largest absolute Gasteiger partial charge is 0.508 e. The monoisotopic (exact) mass is 1040 g/mol. The van der Waals surface area contributed by atoms with E-state index in [1.54, 1.807) is 44.6 Å². The van der Waals surface area contributed by atoms with Crippen LogP contribution in [0.4, 0.5) is 5.69 Å². The number of ether oxygens (including phenoxy) is 3. The van der Waals surface area contributed by atoms with Crippen molar-refractivity contribution < 1.29 is 38.5 Å². The van der Waals surface area contributed by atoms with E-state index in [1.165, 1.54) is 9.91 Å². The maximum atomic E-state index is 15.0. The van der Waals surface area contributed by atoms with Crippen LogP contribution < -0.4 is 16.5 Å². The minimum Gasteiger partial charge on any atom is -0.508 e. The molecule has 5 aromatic rings. The molecule has 3 amide bonds. The molecule has 10 rings (SSSR count). The Balaban J connectivity index is 1.04. The summed E-state index contributed by atoms with van der Waals surface area (Å²) in [5.74, 6) is 3.75. The summed E-state index contributed by atoms with van der Waals surface area (Å²) in [7, 11) is 3.28. The number of cyclic esters (lactones) is 1. The number of amides is 3. The molecule has 7 atom stereocenters. The molecule has 5 N–H and O–H groups in total. The summed E-state index contributed by atoms with van der Waals surface area (Å²) < 4.78 is 21.1. The van der Waals surface area contributed by atoms with Gasteiger partial charge in [-0.2, -0.15) is 5.26 Å². The lowest BCUT2D eigenvalue weighted by atomic mass is 9.67. The molecular weight excluding hydrogens is 975 g/mol. The number of likely N-dealkylation sites (tertiary alicyclic amines) is 1. The Kier molecular flexibility index (Phi) is 14.9. The molecule has 6 bridgehead atoms. The average Bonchev–Trinajstić information content (AvgIpc) is 4.27. The number of phenols is 1. The van der Waals surface area contributed by atoms with Crippen LogP contribution in [0.25, 0.3) is 33.3 Å². The highest BCUT2D eigenvalue weighted by Gasteiger charge is 2.48. The molecule has 0 radical (unpaired) electrons. The number of esters is 1. The number of nitrogens with one attached hydrogen (secondary N) is 2. The lowest BCUT2D eigenvalue weighted by molar-refractivity contribution is -0.156. The molecule has 2 aromatic heterocycles. The number of pyridine rings is 1. The lowest BCUT2D eigenvalue weighted by Crippen LogP contribution is -2.62.